The van der Waals surface area contributed by atoms with Gasteiger partial charge in [-0.2, -0.15) is 8.42 Å². The quantitative estimate of drug-likeness (QED) is 0.257. The molecule has 0 saturated heterocycles. The first-order chi connectivity index (χ1) is 16.6. The molecule has 0 radical (unpaired) electrons. The average Bonchev–Trinajstić information content (AvgIpc) is 2.83. The molecule has 4 aromatic rings. The lowest BCUT2D eigenvalue weighted by molar-refractivity contribution is 0.131. The van der Waals surface area contributed by atoms with Gasteiger partial charge >= 0.3 is 10.1 Å². The lowest BCUT2D eigenvalue weighted by Gasteiger charge is -2.39. The number of rotatable bonds is 7. The number of hydrogen-bond donors (Lipinski definition) is 0. The average molecular weight is 507 g/mol. The molecule has 0 bridgehead atoms. The Kier molecular flexibility index (Phi) is 7.08. The smallest absolute Gasteiger partial charge is 0.307 e. The molecule has 0 N–H and O–H groups in total. The number of hydrogen-bond acceptors (Lipinski definition) is 4. The number of benzene rings is 4. The van der Waals surface area contributed by atoms with Gasteiger partial charge in [0.2, 0.25) is 0 Å². The first-order valence-electron chi connectivity index (χ1n) is 11.4. The van der Waals surface area contributed by atoms with E-state index in [1.807, 2.05) is 113 Å². The zero-order valence-electron chi connectivity index (χ0n) is 20.3. The van der Waals surface area contributed by atoms with E-state index >= 15 is 0 Å². The van der Waals surface area contributed by atoms with Gasteiger partial charge in [-0.25, -0.2) is 3.63 Å². The van der Waals surface area contributed by atoms with Gasteiger partial charge in [0.25, 0.3) is 0 Å². The number of aryl methyl sites for hydroxylation is 1. The lowest BCUT2D eigenvalue weighted by Crippen LogP contribution is -2.22. The summed E-state index contributed by atoms with van der Waals surface area (Å²) in [5.41, 5.74) is 0.624. The molecule has 0 aliphatic carbocycles. The summed E-state index contributed by atoms with van der Waals surface area (Å²) in [5, 5.41) is 0. The van der Waals surface area contributed by atoms with Crippen LogP contribution in [-0.2, 0) is 13.7 Å². The van der Waals surface area contributed by atoms with E-state index in [2.05, 4.69) is 0 Å². The van der Waals surface area contributed by atoms with Gasteiger partial charge in [-0.15, -0.1) is 0 Å². The molecule has 0 aliphatic rings. The van der Waals surface area contributed by atoms with Crippen molar-refractivity contribution < 1.29 is 16.8 Å². The Morgan fingerprint density at radius 3 is 1.46 bits per heavy atom. The molecule has 6 heteroatoms. The Hall–Kier alpha value is -3.06. The normalized spacial score (nSPS) is 12.8. The lowest BCUT2D eigenvalue weighted by atomic mass is 10.2. The maximum atomic E-state index is 13.7. The molecule has 0 amide bonds. The summed E-state index contributed by atoms with van der Waals surface area (Å²) in [5.74, 6) is 0.706. The van der Waals surface area contributed by atoms with Crippen LogP contribution >= 0.6 is 10.3 Å². The summed E-state index contributed by atoms with van der Waals surface area (Å²) in [4.78, 5) is 2.45. The number of ether oxygens (including phenoxy) is 1. The topological polar surface area (TPSA) is 52.6 Å². The van der Waals surface area contributed by atoms with E-state index in [0.29, 0.717) is 5.75 Å². The van der Waals surface area contributed by atoms with Crippen molar-refractivity contribution in [1.29, 1.82) is 0 Å². The third kappa shape index (κ3) is 5.61. The molecule has 4 nitrogen and oxygen atoms in total. The molecule has 0 heterocycles. The van der Waals surface area contributed by atoms with E-state index in [4.69, 9.17) is 8.37 Å². The fraction of sp³-hybridized carbons (Fsp3) is 0.172. The summed E-state index contributed by atoms with van der Waals surface area (Å²) >= 11 is 0. The van der Waals surface area contributed by atoms with Crippen molar-refractivity contribution in [3.8, 4) is 5.75 Å². The highest BCUT2D eigenvalue weighted by atomic mass is 32.3. The van der Waals surface area contributed by atoms with Crippen molar-refractivity contribution in [2.75, 3.05) is 0 Å². The summed E-state index contributed by atoms with van der Waals surface area (Å²) in [6.45, 7) is 7.88. The molecule has 35 heavy (non-hydrogen) atoms. The monoisotopic (exact) mass is 506 g/mol. The van der Waals surface area contributed by atoms with Crippen molar-refractivity contribution in [2.45, 2.75) is 52.9 Å². The van der Waals surface area contributed by atoms with Crippen LogP contribution in [0.3, 0.4) is 0 Å². The molecule has 0 unspecified atom stereocenters. The van der Waals surface area contributed by atoms with Crippen LogP contribution in [0.4, 0.5) is 0 Å². The van der Waals surface area contributed by atoms with E-state index < -0.39 is 20.4 Å². The highest BCUT2D eigenvalue weighted by Crippen LogP contribution is 2.70. The third-order valence-corrected chi connectivity index (χ3v) is 10.4. The van der Waals surface area contributed by atoms with Gasteiger partial charge in [-0.1, -0.05) is 54.1 Å². The first kappa shape index (κ1) is 25.0. The van der Waals surface area contributed by atoms with Crippen LogP contribution in [0.5, 0.6) is 5.75 Å². The zero-order valence-corrected chi connectivity index (χ0v) is 22.0. The minimum Gasteiger partial charge on any atom is -0.488 e. The van der Waals surface area contributed by atoms with Crippen LogP contribution in [-0.4, -0.2) is 14.0 Å². The van der Waals surface area contributed by atoms with Crippen LogP contribution < -0.4 is 4.74 Å². The summed E-state index contributed by atoms with van der Waals surface area (Å²) in [6, 6.07) is 33.4. The molecule has 182 valence electrons. The third-order valence-electron chi connectivity index (χ3n) is 5.23. The van der Waals surface area contributed by atoms with Gasteiger partial charge in [0.05, 0.1) is 4.90 Å². The molecule has 0 spiro atoms. The van der Waals surface area contributed by atoms with E-state index in [1.165, 1.54) is 0 Å². The van der Waals surface area contributed by atoms with E-state index in [-0.39, 0.29) is 10.5 Å². The van der Waals surface area contributed by atoms with Crippen LogP contribution in [0, 0.1) is 6.92 Å². The van der Waals surface area contributed by atoms with Gasteiger partial charge in [0.1, 0.15) is 11.4 Å². The Morgan fingerprint density at radius 1 is 0.571 bits per heavy atom. The Labute approximate surface area is 210 Å². The summed E-state index contributed by atoms with van der Waals surface area (Å²) in [7, 11) is -6.76. The SMILES string of the molecule is Cc1ccc(S(=O)(=O)OS(c2ccccc2)(c2ccccc2)c2ccc(OC(C)(C)C)cc2)cc1. The molecular weight excluding hydrogens is 476 g/mol. The Morgan fingerprint density at radius 2 is 1.00 bits per heavy atom. The standard InChI is InChI=1S/C29H30O4S2/c1-23-15-19-28(20-16-23)35(30,31)33-34(25-11-7-5-8-12-25,26-13-9-6-10-14-26)27-21-17-24(18-22-27)32-29(2,3)4/h5-22H,1-4H3. The van der Waals surface area contributed by atoms with E-state index in [9.17, 15) is 8.42 Å². The minimum atomic E-state index is -4.11. The van der Waals surface area contributed by atoms with Gasteiger partial charge in [0.15, 0.2) is 0 Å². The Balaban J connectivity index is 1.94. The summed E-state index contributed by atoms with van der Waals surface area (Å²) < 4.78 is 39.8. The van der Waals surface area contributed by atoms with Crippen molar-refractivity contribution in [3.63, 3.8) is 0 Å². The predicted molar refractivity (Wildman–Crippen MR) is 142 cm³/mol. The molecule has 0 atom stereocenters. The minimum absolute atomic E-state index is 0.125. The fourth-order valence-electron chi connectivity index (χ4n) is 3.68. The molecule has 0 saturated carbocycles. The van der Waals surface area contributed by atoms with E-state index in [0.717, 1.165) is 20.2 Å². The van der Waals surface area contributed by atoms with Crippen molar-refractivity contribution >= 4 is 20.4 Å². The molecule has 0 aromatic heterocycles. The second-order valence-corrected chi connectivity index (χ2v) is 13.7. The van der Waals surface area contributed by atoms with Crippen molar-refractivity contribution in [2.24, 2.45) is 0 Å². The molecule has 4 rings (SSSR count). The molecule has 4 aromatic carbocycles. The van der Waals surface area contributed by atoms with Crippen LogP contribution in [0.15, 0.2) is 129 Å². The van der Waals surface area contributed by atoms with Crippen molar-refractivity contribution in [1.82, 2.24) is 0 Å². The fourth-order valence-corrected chi connectivity index (χ4v) is 8.90. The van der Waals surface area contributed by atoms with E-state index in [1.54, 1.807) is 24.3 Å². The van der Waals surface area contributed by atoms with Gasteiger partial charge in [-0.05, 0) is 98.7 Å². The highest BCUT2D eigenvalue weighted by molar-refractivity contribution is 8.33. The Bertz CT molecular complexity index is 1320. The second-order valence-electron chi connectivity index (χ2n) is 9.20. The summed E-state index contributed by atoms with van der Waals surface area (Å²) in [6.07, 6.45) is 0. The zero-order chi connectivity index (χ0) is 25.1. The first-order valence-corrected chi connectivity index (χ1v) is 14.3. The second kappa shape index (κ2) is 9.90. The van der Waals surface area contributed by atoms with Gasteiger partial charge < -0.3 is 4.74 Å². The van der Waals surface area contributed by atoms with Crippen LogP contribution in [0.1, 0.15) is 26.3 Å². The van der Waals surface area contributed by atoms with Gasteiger partial charge in [0, 0.05) is 14.7 Å². The maximum Gasteiger partial charge on any atom is 0.307 e. The predicted octanol–water partition coefficient (Wildman–Crippen LogP) is 7.77. The molecule has 0 aliphatic heterocycles. The van der Waals surface area contributed by atoms with Crippen LogP contribution in [0.2, 0.25) is 0 Å². The van der Waals surface area contributed by atoms with Crippen molar-refractivity contribution in [3.05, 3.63) is 115 Å². The van der Waals surface area contributed by atoms with Gasteiger partial charge in [-0.3, -0.25) is 0 Å². The maximum absolute atomic E-state index is 13.7. The molecular formula is C29H30O4S2. The van der Waals surface area contributed by atoms with Crippen LogP contribution in [0.25, 0.3) is 0 Å². The largest absolute Gasteiger partial charge is 0.488 e. The molecule has 0 fully saturated rings. The highest BCUT2D eigenvalue weighted by Gasteiger charge is 2.38.